The summed E-state index contributed by atoms with van der Waals surface area (Å²) < 4.78 is 13.2. The van der Waals surface area contributed by atoms with Gasteiger partial charge in [0.25, 0.3) is 0 Å². The molecule has 2 atom stereocenters. The molecule has 0 spiro atoms. The molecule has 2 unspecified atom stereocenters. The first-order valence-electron chi connectivity index (χ1n) is 6.91. The maximum Gasteiger partial charge on any atom is 0.124 e. The molecule has 4 heteroatoms. The molecule has 0 aromatic heterocycles. The Morgan fingerprint density at radius 1 is 1.42 bits per heavy atom. The Morgan fingerprint density at radius 2 is 2.32 bits per heavy atom. The molecule has 2 aliphatic rings. The molecule has 0 amide bonds. The second-order valence-electron chi connectivity index (χ2n) is 5.51. The van der Waals surface area contributed by atoms with Gasteiger partial charge in [-0.2, -0.15) is 5.26 Å². The van der Waals surface area contributed by atoms with Gasteiger partial charge in [-0.3, -0.25) is 4.90 Å². The zero-order valence-corrected chi connectivity index (χ0v) is 10.9. The third-order valence-corrected chi connectivity index (χ3v) is 4.36. The van der Waals surface area contributed by atoms with E-state index in [0.29, 0.717) is 11.6 Å². The predicted octanol–water partition coefficient (Wildman–Crippen LogP) is 1.88. The lowest BCUT2D eigenvalue weighted by Gasteiger charge is -2.37. The molecule has 2 aliphatic heterocycles. The van der Waals surface area contributed by atoms with Gasteiger partial charge >= 0.3 is 0 Å². The predicted molar refractivity (Wildman–Crippen MR) is 70.9 cm³/mol. The van der Waals surface area contributed by atoms with Gasteiger partial charge in [-0.25, -0.2) is 4.39 Å². The Bertz CT molecular complexity index is 509. The molecule has 1 aromatic rings. The van der Waals surface area contributed by atoms with E-state index < -0.39 is 0 Å². The molecule has 0 aliphatic carbocycles. The SMILES string of the molecule is N#Cc1cc(F)ccc1CN1CCCC2CNCC21. The number of nitriles is 1. The lowest BCUT2D eigenvalue weighted by atomic mass is 9.91. The van der Waals surface area contributed by atoms with E-state index in [-0.39, 0.29) is 5.82 Å². The Hall–Kier alpha value is -1.44. The van der Waals surface area contributed by atoms with E-state index >= 15 is 0 Å². The minimum Gasteiger partial charge on any atom is -0.315 e. The van der Waals surface area contributed by atoms with Gasteiger partial charge in [0.2, 0.25) is 0 Å². The Labute approximate surface area is 113 Å². The summed E-state index contributed by atoms with van der Waals surface area (Å²) in [5, 5.41) is 12.6. The van der Waals surface area contributed by atoms with Gasteiger partial charge in [0, 0.05) is 19.1 Å². The van der Waals surface area contributed by atoms with E-state index in [1.54, 1.807) is 6.07 Å². The number of rotatable bonds is 2. The van der Waals surface area contributed by atoms with E-state index in [9.17, 15) is 4.39 Å². The number of nitrogens with one attached hydrogen (secondary N) is 1. The minimum atomic E-state index is -0.334. The number of likely N-dealkylation sites (tertiary alicyclic amines) is 1. The van der Waals surface area contributed by atoms with Crippen LogP contribution < -0.4 is 5.32 Å². The third-order valence-electron chi connectivity index (χ3n) is 4.36. The number of nitrogens with zero attached hydrogens (tertiary/aromatic N) is 2. The Morgan fingerprint density at radius 3 is 3.16 bits per heavy atom. The molecular formula is C15H18FN3. The smallest absolute Gasteiger partial charge is 0.124 e. The summed E-state index contributed by atoms with van der Waals surface area (Å²) in [5.74, 6) is 0.402. The van der Waals surface area contributed by atoms with Crippen LogP contribution in [0.5, 0.6) is 0 Å². The van der Waals surface area contributed by atoms with Crippen molar-refractivity contribution in [3.63, 3.8) is 0 Å². The van der Waals surface area contributed by atoms with Crippen LogP contribution in [0.1, 0.15) is 24.0 Å². The highest BCUT2D eigenvalue weighted by atomic mass is 19.1. The molecule has 1 N–H and O–H groups in total. The van der Waals surface area contributed by atoms with Crippen LogP contribution in [0.15, 0.2) is 18.2 Å². The van der Waals surface area contributed by atoms with Crippen LogP contribution in [0.3, 0.4) is 0 Å². The number of fused-ring (bicyclic) bond motifs is 1. The van der Waals surface area contributed by atoms with E-state index in [1.807, 2.05) is 0 Å². The van der Waals surface area contributed by atoms with Crippen LogP contribution in [0.4, 0.5) is 4.39 Å². The monoisotopic (exact) mass is 259 g/mol. The van der Waals surface area contributed by atoms with Crippen LogP contribution in [-0.2, 0) is 6.54 Å². The first-order chi connectivity index (χ1) is 9.28. The van der Waals surface area contributed by atoms with E-state index in [0.717, 1.165) is 37.7 Å². The van der Waals surface area contributed by atoms with Crippen molar-refractivity contribution < 1.29 is 4.39 Å². The van der Waals surface area contributed by atoms with Gasteiger partial charge < -0.3 is 5.32 Å². The topological polar surface area (TPSA) is 39.1 Å². The first kappa shape index (κ1) is 12.6. The van der Waals surface area contributed by atoms with Crippen LogP contribution in [0.25, 0.3) is 0 Å². The third kappa shape index (κ3) is 2.49. The standard InChI is InChI=1S/C15H18FN3/c16-14-4-3-12(13(6-14)7-17)10-19-5-1-2-11-8-18-9-15(11)19/h3-4,6,11,15,18H,1-2,5,8-10H2. The molecule has 3 rings (SSSR count). The zero-order chi connectivity index (χ0) is 13.2. The minimum absolute atomic E-state index is 0.334. The fourth-order valence-electron chi connectivity index (χ4n) is 3.37. The van der Waals surface area contributed by atoms with Crippen LogP contribution >= 0.6 is 0 Å². The van der Waals surface area contributed by atoms with Crippen molar-refractivity contribution in [3.05, 3.63) is 35.1 Å². The van der Waals surface area contributed by atoms with E-state index in [1.165, 1.54) is 25.0 Å². The number of hydrogen-bond acceptors (Lipinski definition) is 3. The van der Waals surface area contributed by atoms with Crippen LogP contribution in [-0.4, -0.2) is 30.6 Å². The summed E-state index contributed by atoms with van der Waals surface area (Å²) in [4.78, 5) is 2.45. The summed E-state index contributed by atoms with van der Waals surface area (Å²) in [6, 6.07) is 7.21. The quantitative estimate of drug-likeness (QED) is 0.881. The van der Waals surface area contributed by atoms with Crippen molar-refractivity contribution in [3.8, 4) is 6.07 Å². The summed E-state index contributed by atoms with van der Waals surface area (Å²) in [6.45, 7) is 3.97. The summed E-state index contributed by atoms with van der Waals surface area (Å²) in [7, 11) is 0. The molecule has 3 nitrogen and oxygen atoms in total. The Balaban J connectivity index is 1.79. The van der Waals surface area contributed by atoms with Gasteiger partial charge in [0.05, 0.1) is 11.6 Å². The maximum absolute atomic E-state index is 13.2. The molecule has 0 saturated carbocycles. The summed E-state index contributed by atoms with van der Waals surface area (Å²) in [6.07, 6.45) is 2.51. The normalized spacial score (nSPS) is 26.9. The van der Waals surface area contributed by atoms with Gasteiger partial charge in [0.15, 0.2) is 0 Å². The lowest BCUT2D eigenvalue weighted by molar-refractivity contribution is 0.117. The highest BCUT2D eigenvalue weighted by Gasteiger charge is 2.34. The van der Waals surface area contributed by atoms with Gasteiger partial charge in [0.1, 0.15) is 5.82 Å². The first-order valence-corrected chi connectivity index (χ1v) is 6.91. The van der Waals surface area contributed by atoms with E-state index in [2.05, 4.69) is 16.3 Å². The fraction of sp³-hybridized carbons (Fsp3) is 0.533. The highest BCUT2D eigenvalue weighted by Crippen LogP contribution is 2.28. The van der Waals surface area contributed by atoms with Crippen molar-refractivity contribution >= 4 is 0 Å². The maximum atomic E-state index is 13.2. The average molecular weight is 259 g/mol. The molecule has 0 radical (unpaired) electrons. The molecule has 100 valence electrons. The van der Waals surface area contributed by atoms with Crippen molar-refractivity contribution in [2.75, 3.05) is 19.6 Å². The van der Waals surface area contributed by atoms with Crippen molar-refractivity contribution in [1.82, 2.24) is 10.2 Å². The van der Waals surface area contributed by atoms with E-state index in [4.69, 9.17) is 5.26 Å². The molecule has 1 aromatic carbocycles. The molecule has 19 heavy (non-hydrogen) atoms. The van der Waals surface area contributed by atoms with Gasteiger partial charge in [-0.1, -0.05) is 6.07 Å². The number of piperidine rings is 1. The number of halogens is 1. The molecule has 2 heterocycles. The van der Waals surface area contributed by atoms with Crippen molar-refractivity contribution in [2.24, 2.45) is 5.92 Å². The summed E-state index contributed by atoms with van der Waals surface area (Å²) >= 11 is 0. The highest BCUT2D eigenvalue weighted by molar-refractivity contribution is 5.38. The molecule has 0 bridgehead atoms. The second kappa shape index (κ2) is 5.28. The largest absolute Gasteiger partial charge is 0.315 e. The average Bonchev–Trinajstić information content (AvgIpc) is 2.90. The van der Waals surface area contributed by atoms with Crippen molar-refractivity contribution in [1.29, 1.82) is 5.26 Å². The zero-order valence-electron chi connectivity index (χ0n) is 10.9. The molecule has 2 saturated heterocycles. The number of benzene rings is 1. The second-order valence-corrected chi connectivity index (χ2v) is 5.51. The number of hydrogen-bond donors (Lipinski definition) is 1. The molecule has 2 fully saturated rings. The van der Waals surface area contributed by atoms with Gasteiger partial charge in [-0.05, 0) is 49.5 Å². The fourth-order valence-corrected chi connectivity index (χ4v) is 3.37. The van der Waals surface area contributed by atoms with Gasteiger partial charge in [-0.15, -0.1) is 0 Å². The lowest BCUT2D eigenvalue weighted by Crippen LogP contribution is -2.44. The van der Waals surface area contributed by atoms with Crippen LogP contribution in [0, 0.1) is 23.1 Å². The molecular weight excluding hydrogens is 241 g/mol. The van der Waals surface area contributed by atoms with Crippen molar-refractivity contribution in [2.45, 2.75) is 25.4 Å². The Kier molecular flexibility index (Phi) is 3.50. The van der Waals surface area contributed by atoms with Crippen LogP contribution in [0.2, 0.25) is 0 Å². The summed E-state index contributed by atoms with van der Waals surface area (Å²) in [5.41, 5.74) is 1.41.